The number of hydrogen-bond acceptors (Lipinski definition) is 6. The molecule has 1 aliphatic carbocycles. The lowest BCUT2D eigenvalue weighted by atomic mass is 10.1. The van der Waals surface area contributed by atoms with E-state index in [1.165, 1.54) is 11.8 Å². The van der Waals surface area contributed by atoms with E-state index >= 15 is 0 Å². The third-order valence-electron chi connectivity index (χ3n) is 5.02. The van der Waals surface area contributed by atoms with E-state index in [2.05, 4.69) is 25.1 Å². The van der Waals surface area contributed by atoms with E-state index in [1.54, 1.807) is 19.5 Å². The Balaban J connectivity index is 1.35. The number of rotatable bonds is 9. The Morgan fingerprint density at radius 2 is 2.07 bits per heavy atom. The largest absolute Gasteiger partial charge is 0.497 e. The number of nitrogens with one attached hydrogen (secondary N) is 1. The van der Waals surface area contributed by atoms with Crippen molar-refractivity contribution in [2.24, 2.45) is 0 Å². The van der Waals surface area contributed by atoms with Crippen molar-refractivity contribution in [3.8, 4) is 17.1 Å². The van der Waals surface area contributed by atoms with Crippen LogP contribution in [0.3, 0.4) is 0 Å². The number of aromatic nitrogens is 4. The minimum absolute atomic E-state index is 0.00165. The molecule has 0 spiro atoms. The van der Waals surface area contributed by atoms with Crippen LogP contribution in [0.4, 0.5) is 0 Å². The fraction of sp³-hybridized carbons (Fsp3) is 0.364. The van der Waals surface area contributed by atoms with Crippen molar-refractivity contribution in [3.63, 3.8) is 0 Å². The average Bonchev–Trinajstić information content (AvgIpc) is 3.54. The smallest absolute Gasteiger partial charge is 0.233 e. The second kappa shape index (κ2) is 9.30. The molecule has 4 rings (SSSR count). The first-order chi connectivity index (χ1) is 14.7. The minimum atomic E-state index is -0.260. The van der Waals surface area contributed by atoms with Gasteiger partial charge in [-0.3, -0.25) is 14.3 Å². The summed E-state index contributed by atoms with van der Waals surface area (Å²) < 4.78 is 7.33. The summed E-state index contributed by atoms with van der Waals surface area (Å²) in [6, 6.07) is 12.2. The predicted octanol–water partition coefficient (Wildman–Crippen LogP) is 3.52. The number of carbonyl (C=O) groups excluding carboxylic acids is 1. The van der Waals surface area contributed by atoms with Gasteiger partial charge in [-0.15, -0.1) is 10.2 Å². The topological polar surface area (TPSA) is 81.9 Å². The number of thioether (sulfide) groups is 1. The molecule has 1 saturated carbocycles. The monoisotopic (exact) mass is 423 g/mol. The van der Waals surface area contributed by atoms with E-state index in [0.29, 0.717) is 12.6 Å². The first kappa shape index (κ1) is 20.4. The number of carbonyl (C=O) groups is 1. The number of benzene rings is 1. The second-order valence-electron chi connectivity index (χ2n) is 7.30. The minimum Gasteiger partial charge on any atom is -0.497 e. The van der Waals surface area contributed by atoms with Crippen LogP contribution in [0, 0.1) is 0 Å². The summed E-state index contributed by atoms with van der Waals surface area (Å²) in [5, 5.41) is 12.3. The average molecular weight is 424 g/mol. The third-order valence-corrected chi connectivity index (χ3v) is 6.08. The van der Waals surface area contributed by atoms with Gasteiger partial charge in [-0.05, 0) is 56.0 Å². The van der Waals surface area contributed by atoms with Gasteiger partial charge in [0.05, 0.1) is 12.4 Å². The van der Waals surface area contributed by atoms with E-state index in [-0.39, 0.29) is 11.2 Å². The lowest BCUT2D eigenvalue weighted by Crippen LogP contribution is -2.32. The molecule has 1 aliphatic rings. The molecule has 2 heterocycles. The molecule has 0 aliphatic heterocycles. The maximum atomic E-state index is 12.6. The summed E-state index contributed by atoms with van der Waals surface area (Å²) in [6.45, 7) is 2.50. The fourth-order valence-corrected chi connectivity index (χ4v) is 4.13. The quantitative estimate of drug-likeness (QED) is 0.530. The molecule has 3 aromatic rings. The van der Waals surface area contributed by atoms with Crippen molar-refractivity contribution in [2.75, 3.05) is 13.7 Å². The van der Waals surface area contributed by atoms with E-state index in [0.717, 1.165) is 47.1 Å². The van der Waals surface area contributed by atoms with Crippen LogP contribution >= 0.6 is 11.8 Å². The van der Waals surface area contributed by atoms with Crippen molar-refractivity contribution in [3.05, 3.63) is 54.4 Å². The summed E-state index contributed by atoms with van der Waals surface area (Å²) in [5.74, 6) is 1.65. The van der Waals surface area contributed by atoms with Crippen molar-refractivity contribution in [2.45, 2.75) is 42.6 Å². The van der Waals surface area contributed by atoms with Crippen molar-refractivity contribution >= 4 is 17.7 Å². The van der Waals surface area contributed by atoms with E-state index in [1.807, 2.05) is 43.3 Å². The van der Waals surface area contributed by atoms with E-state index in [9.17, 15) is 4.79 Å². The lowest BCUT2D eigenvalue weighted by Gasteiger charge is -2.13. The lowest BCUT2D eigenvalue weighted by molar-refractivity contribution is -0.120. The highest BCUT2D eigenvalue weighted by Crippen LogP contribution is 2.41. The van der Waals surface area contributed by atoms with Gasteiger partial charge in [-0.2, -0.15) is 0 Å². The molecule has 8 heteroatoms. The summed E-state index contributed by atoms with van der Waals surface area (Å²) in [6.07, 6.45) is 6.54. The van der Waals surface area contributed by atoms with Gasteiger partial charge in [0.1, 0.15) is 5.75 Å². The molecule has 0 unspecified atom stereocenters. The first-order valence-corrected chi connectivity index (χ1v) is 11.0. The second-order valence-corrected chi connectivity index (χ2v) is 8.61. The van der Waals surface area contributed by atoms with Gasteiger partial charge in [-0.1, -0.05) is 23.9 Å². The molecular formula is C22H25N5O2S. The Bertz CT molecular complexity index is 987. The summed E-state index contributed by atoms with van der Waals surface area (Å²) >= 11 is 1.45. The maximum Gasteiger partial charge on any atom is 0.233 e. The molecular weight excluding hydrogens is 398 g/mol. The van der Waals surface area contributed by atoms with Gasteiger partial charge in [0.25, 0.3) is 0 Å². The van der Waals surface area contributed by atoms with Gasteiger partial charge >= 0.3 is 0 Å². The van der Waals surface area contributed by atoms with Crippen LogP contribution < -0.4 is 10.1 Å². The number of nitrogens with zero attached hydrogens (tertiary/aromatic N) is 4. The van der Waals surface area contributed by atoms with Gasteiger partial charge in [0.2, 0.25) is 5.91 Å². The molecule has 1 aromatic carbocycles. The Morgan fingerprint density at radius 3 is 2.73 bits per heavy atom. The highest BCUT2D eigenvalue weighted by Gasteiger charge is 2.31. The van der Waals surface area contributed by atoms with Gasteiger partial charge in [-0.25, -0.2) is 0 Å². The zero-order valence-corrected chi connectivity index (χ0v) is 17.9. The highest BCUT2D eigenvalue weighted by molar-refractivity contribution is 8.00. The standard InChI is InChI=1S/C22H25N5O2S/c1-15(21(28)24-13-11-16-5-9-19(29-2)10-6-16)30-22-26-25-20(27(22)18-7-8-18)17-4-3-12-23-14-17/h3-6,9-10,12,14-15,18H,7-8,11,13H2,1-2H3,(H,24,28)/t15-/m0/s1. The summed E-state index contributed by atoms with van der Waals surface area (Å²) in [5.41, 5.74) is 2.10. The number of amides is 1. The number of pyridine rings is 1. The summed E-state index contributed by atoms with van der Waals surface area (Å²) in [7, 11) is 1.65. The van der Waals surface area contributed by atoms with Gasteiger partial charge in [0.15, 0.2) is 11.0 Å². The molecule has 1 atom stereocenters. The molecule has 0 radical (unpaired) electrons. The van der Waals surface area contributed by atoms with Crippen molar-refractivity contribution < 1.29 is 9.53 Å². The third kappa shape index (κ3) is 4.81. The normalized spacial score (nSPS) is 14.3. The van der Waals surface area contributed by atoms with Crippen molar-refractivity contribution in [1.82, 2.24) is 25.1 Å². The molecule has 2 aromatic heterocycles. The summed E-state index contributed by atoms with van der Waals surface area (Å²) in [4.78, 5) is 16.8. The van der Waals surface area contributed by atoms with Crippen LogP contribution in [0.25, 0.3) is 11.4 Å². The Labute approximate surface area is 180 Å². The molecule has 7 nitrogen and oxygen atoms in total. The molecule has 156 valence electrons. The van der Waals surface area contributed by atoms with Crippen LogP contribution in [-0.2, 0) is 11.2 Å². The van der Waals surface area contributed by atoms with Crippen molar-refractivity contribution in [1.29, 1.82) is 0 Å². The van der Waals surface area contributed by atoms with Crippen LogP contribution in [-0.4, -0.2) is 44.6 Å². The molecule has 0 bridgehead atoms. The van der Waals surface area contributed by atoms with Gasteiger partial charge < -0.3 is 10.1 Å². The Kier molecular flexibility index (Phi) is 6.32. The zero-order chi connectivity index (χ0) is 20.9. The molecule has 1 fully saturated rings. The van der Waals surface area contributed by atoms with Crippen LogP contribution in [0.2, 0.25) is 0 Å². The van der Waals surface area contributed by atoms with Crippen LogP contribution in [0.5, 0.6) is 5.75 Å². The number of ether oxygens (including phenoxy) is 1. The molecule has 0 saturated heterocycles. The number of methoxy groups -OCH3 is 1. The zero-order valence-electron chi connectivity index (χ0n) is 17.1. The van der Waals surface area contributed by atoms with Crippen LogP contribution in [0.1, 0.15) is 31.4 Å². The van der Waals surface area contributed by atoms with Gasteiger partial charge in [0, 0.05) is 30.5 Å². The maximum absolute atomic E-state index is 12.6. The fourth-order valence-electron chi connectivity index (χ4n) is 3.19. The molecule has 1 N–H and O–H groups in total. The highest BCUT2D eigenvalue weighted by atomic mass is 32.2. The Morgan fingerprint density at radius 1 is 1.27 bits per heavy atom. The Hall–Kier alpha value is -2.87. The molecule has 30 heavy (non-hydrogen) atoms. The van der Waals surface area contributed by atoms with E-state index < -0.39 is 0 Å². The first-order valence-electron chi connectivity index (χ1n) is 10.1. The number of hydrogen-bond donors (Lipinski definition) is 1. The predicted molar refractivity (Wildman–Crippen MR) is 117 cm³/mol. The molecule has 1 amide bonds. The SMILES string of the molecule is COc1ccc(CCNC(=O)[C@H](C)Sc2nnc(-c3cccnc3)n2C2CC2)cc1. The van der Waals surface area contributed by atoms with Crippen LogP contribution in [0.15, 0.2) is 53.9 Å². The van der Waals surface area contributed by atoms with E-state index in [4.69, 9.17) is 4.74 Å².